The maximum atomic E-state index is 7.26. The average molecular weight is 954 g/mol. The van der Waals surface area contributed by atoms with Crippen LogP contribution in [0.25, 0.3) is 66.1 Å². The summed E-state index contributed by atoms with van der Waals surface area (Å²) in [5.74, 6) is 3.30. The van der Waals surface area contributed by atoms with Crippen LogP contribution >= 0.6 is 0 Å². The van der Waals surface area contributed by atoms with Crippen molar-refractivity contribution in [3.05, 3.63) is 242 Å². The van der Waals surface area contributed by atoms with E-state index in [9.17, 15) is 0 Å². The van der Waals surface area contributed by atoms with Crippen molar-refractivity contribution in [2.45, 2.75) is 52.4 Å². The van der Waals surface area contributed by atoms with Gasteiger partial charge in [0.25, 0.3) is 6.71 Å². The Labute approximate surface area is 435 Å². The van der Waals surface area contributed by atoms with E-state index in [0.717, 1.165) is 78.7 Å². The molecule has 2 aliphatic heterocycles. The minimum atomic E-state index is -0.0857. The highest BCUT2D eigenvalue weighted by molar-refractivity contribution is 6.98. The van der Waals surface area contributed by atoms with Crippen LogP contribution in [0.5, 0.6) is 23.0 Å². The quantitative estimate of drug-likeness (QED) is 0.117. The first-order valence-corrected chi connectivity index (χ1v) is 25.9. The molecule has 0 saturated heterocycles. The van der Waals surface area contributed by atoms with Crippen LogP contribution in [0.2, 0.25) is 0 Å². The van der Waals surface area contributed by atoms with Gasteiger partial charge >= 0.3 is 0 Å². The Morgan fingerprint density at radius 3 is 1.27 bits per heavy atom. The number of ether oxygens (including phenoxy) is 2. The van der Waals surface area contributed by atoms with Gasteiger partial charge in [-0.05, 0) is 166 Å². The predicted octanol–water partition coefficient (Wildman–Crippen LogP) is 17.5. The van der Waals surface area contributed by atoms with E-state index in [4.69, 9.17) is 9.47 Å². The van der Waals surface area contributed by atoms with E-state index < -0.39 is 0 Å². The molecule has 0 aliphatic carbocycles. The molecule has 0 fully saturated rings. The van der Waals surface area contributed by atoms with E-state index in [2.05, 4.69) is 277 Å². The number of rotatable bonds is 7. The predicted molar refractivity (Wildman–Crippen MR) is 313 cm³/mol. The zero-order valence-electron chi connectivity index (χ0n) is 42.8. The molecule has 356 valence electrons. The lowest BCUT2D eigenvalue weighted by molar-refractivity contribution is 0.465. The number of benzene rings is 11. The summed E-state index contributed by atoms with van der Waals surface area (Å²) in [5, 5.41) is 4.88. The maximum absolute atomic E-state index is 7.26. The highest BCUT2D eigenvalue weighted by atomic mass is 16.5. The highest BCUT2D eigenvalue weighted by Crippen LogP contribution is 2.48. The molecule has 13 rings (SSSR count). The molecule has 2 heterocycles. The van der Waals surface area contributed by atoms with Crippen LogP contribution in [-0.4, -0.2) is 6.71 Å². The summed E-state index contributed by atoms with van der Waals surface area (Å²) >= 11 is 0. The topological polar surface area (TPSA) is 21.7 Å². The van der Waals surface area contributed by atoms with Crippen LogP contribution in [0.3, 0.4) is 0 Å². The molecule has 0 N–H and O–H groups in total. The first-order valence-electron chi connectivity index (χ1n) is 25.9. The fourth-order valence-electron chi connectivity index (χ4n) is 11.5. The van der Waals surface area contributed by atoms with Crippen LogP contribution in [-0.2, 0) is 10.8 Å². The molecule has 0 saturated carbocycles. The molecule has 0 amide bonds. The van der Waals surface area contributed by atoms with Gasteiger partial charge in [0.1, 0.15) is 23.0 Å². The van der Waals surface area contributed by atoms with Crippen LogP contribution in [0.15, 0.2) is 231 Å². The molecule has 0 aromatic heterocycles. The van der Waals surface area contributed by atoms with E-state index in [-0.39, 0.29) is 17.5 Å². The molecule has 3 nitrogen and oxygen atoms in total. The van der Waals surface area contributed by atoms with Crippen molar-refractivity contribution in [3.63, 3.8) is 0 Å². The van der Waals surface area contributed by atoms with Crippen molar-refractivity contribution in [2.75, 3.05) is 4.90 Å². The van der Waals surface area contributed by atoms with Gasteiger partial charge in [-0.25, -0.2) is 0 Å². The maximum Gasteiger partial charge on any atom is 0.260 e. The lowest BCUT2D eigenvalue weighted by atomic mass is 9.35. The van der Waals surface area contributed by atoms with Crippen molar-refractivity contribution in [1.82, 2.24) is 0 Å². The number of para-hydroxylation sites is 3. The molecule has 0 bridgehead atoms. The number of fused-ring (bicyclic) bond motifs is 6. The van der Waals surface area contributed by atoms with E-state index >= 15 is 0 Å². The summed E-state index contributed by atoms with van der Waals surface area (Å²) in [6.07, 6.45) is 0. The van der Waals surface area contributed by atoms with E-state index in [1.165, 1.54) is 54.9 Å². The van der Waals surface area contributed by atoms with Gasteiger partial charge in [0.2, 0.25) is 0 Å². The van der Waals surface area contributed by atoms with Crippen LogP contribution in [0.4, 0.5) is 17.1 Å². The van der Waals surface area contributed by atoms with Gasteiger partial charge < -0.3 is 14.4 Å². The molecule has 4 heteroatoms. The van der Waals surface area contributed by atoms with Crippen molar-refractivity contribution in [1.29, 1.82) is 0 Å². The van der Waals surface area contributed by atoms with Gasteiger partial charge in [-0.15, -0.1) is 0 Å². The first kappa shape index (κ1) is 45.3. The summed E-state index contributed by atoms with van der Waals surface area (Å²) in [6.45, 7) is 13.8. The highest BCUT2D eigenvalue weighted by Gasteiger charge is 2.41. The fourth-order valence-corrected chi connectivity index (χ4v) is 11.5. The Kier molecular flexibility index (Phi) is 10.7. The van der Waals surface area contributed by atoms with Crippen LogP contribution < -0.4 is 30.8 Å². The van der Waals surface area contributed by atoms with Crippen molar-refractivity contribution in [3.8, 4) is 67.5 Å². The molecule has 2 aliphatic rings. The van der Waals surface area contributed by atoms with Gasteiger partial charge in [0, 0.05) is 28.6 Å². The smallest absolute Gasteiger partial charge is 0.260 e. The Balaban J connectivity index is 1.05. The number of hydrogen-bond acceptors (Lipinski definition) is 3. The zero-order valence-corrected chi connectivity index (χ0v) is 42.8. The lowest BCUT2D eigenvalue weighted by Crippen LogP contribution is -2.57. The SMILES string of the molecule is CC(C)(C)c1cc(-c2cc(-c3cc4c5c(c3)Oc3cc(N(c6ccccc6)c6ccccc6)ccc3B5c3ccccc3O4)cc(-c3c4ccccc4c(-c4ccccc4)c4ccccc34)c2)cc(C(C)(C)C)c1. The van der Waals surface area contributed by atoms with Gasteiger partial charge in [-0.1, -0.05) is 199 Å². The number of nitrogens with zero attached hydrogens (tertiary/aromatic N) is 1. The normalized spacial score (nSPS) is 12.6. The van der Waals surface area contributed by atoms with E-state index in [1.54, 1.807) is 0 Å². The number of anilines is 3. The largest absolute Gasteiger partial charge is 0.458 e. The third kappa shape index (κ3) is 7.85. The second kappa shape index (κ2) is 17.6. The van der Waals surface area contributed by atoms with Gasteiger partial charge in [0.05, 0.1) is 0 Å². The molecule has 0 radical (unpaired) electrons. The van der Waals surface area contributed by atoms with Crippen LogP contribution in [0.1, 0.15) is 52.7 Å². The molecule has 11 aromatic carbocycles. The van der Waals surface area contributed by atoms with Crippen molar-refractivity contribution >= 4 is 61.7 Å². The molecule has 0 atom stereocenters. The minimum absolute atomic E-state index is 0.0613. The Morgan fingerprint density at radius 2 is 0.730 bits per heavy atom. The van der Waals surface area contributed by atoms with Gasteiger partial charge in [-0.2, -0.15) is 0 Å². The molecule has 74 heavy (non-hydrogen) atoms. The molecular formula is C70H56BNO2. The third-order valence-corrected chi connectivity index (χ3v) is 15.2. The summed E-state index contributed by atoms with van der Waals surface area (Å²) in [5.41, 5.74) is 18.2. The minimum Gasteiger partial charge on any atom is -0.458 e. The molecule has 0 spiro atoms. The van der Waals surface area contributed by atoms with Gasteiger partial charge in [-0.3, -0.25) is 0 Å². The Bertz CT molecular complexity index is 3850. The second-order valence-electron chi connectivity index (χ2n) is 22.1. The summed E-state index contributed by atoms with van der Waals surface area (Å²) in [4.78, 5) is 2.30. The Morgan fingerprint density at radius 1 is 0.311 bits per heavy atom. The van der Waals surface area contributed by atoms with Crippen molar-refractivity contribution in [2.24, 2.45) is 0 Å². The average Bonchev–Trinajstić information content (AvgIpc) is 3.42. The molecule has 0 unspecified atom stereocenters. The van der Waals surface area contributed by atoms with Gasteiger partial charge in [0.15, 0.2) is 0 Å². The first-order chi connectivity index (χ1) is 35.9. The zero-order chi connectivity index (χ0) is 50.3. The molecular weight excluding hydrogens is 898 g/mol. The number of hydrogen-bond donors (Lipinski definition) is 0. The van der Waals surface area contributed by atoms with E-state index in [0.29, 0.717) is 0 Å². The third-order valence-electron chi connectivity index (χ3n) is 15.2. The van der Waals surface area contributed by atoms with Crippen molar-refractivity contribution < 1.29 is 9.47 Å². The summed E-state index contributed by atoms with van der Waals surface area (Å²) < 4.78 is 14.3. The summed E-state index contributed by atoms with van der Waals surface area (Å²) in [7, 11) is 0. The monoisotopic (exact) mass is 953 g/mol. The summed E-state index contributed by atoms with van der Waals surface area (Å²) in [6, 6.07) is 84.0. The van der Waals surface area contributed by atoms with E-state index in [1.807, 2.05) is 0 Å². The van der Waals surface area contributed by atoms with Crippen LogP contribution in [0, 0.1) is 0 Å². The molecule has 11 aromatic rings. The Hall–Kier alpha value is -8.60. The lowest BCUT2D eigenvalue weighted by Gasteiger charge is -2.34. The fraction of sp³-hybridized carbons (Fsp3) is 0.114. The standard InChI is InChI=1S/C70H56BNO2/c1-69(2,3)51-39-48(40-52(43-51)70(4,5)6)46-36-47(38-50(37-46)67-58-30-18-16-28-56(58)66(45-22-10-7-11-23-45)57-29-17-19-31-59(57)67)49-41-64-68-65(42-49)74-63-44-55(34-35-61(63)71(68)60-32-20-21-33-62(60)73-64)72(53-24-12-8-13-25-53)54-26-14-9-15-27-54/h7-44H,1-6H3. The second-order valence-corrected chi connectivity index (χ2v) is 22.1.